The fraction of sp³-hybridized carbons (Fsp3) is 0.333. The summed E-state index contributed by atoms with van der Waals surface area (Å²) in [6.45, 7) is 2.27. The fourth-order valence-electron chi connectivity index (χ4n) is 3.19. The molecule has 0 radical (unpaired) electrons. The van der Waals surface area contributed by atoms with Gasteiger partial charge in [0.25, 0.3) is 0 Å². The van der Waals surface area contributed by atoms with E-state index in [9.17, 15) is 4.79 Å². The largest absolute Gasteiger partial charge is 0.493 e. The van der Waals surface area contributed by atoms with E-state index in [1.54, 1.807) is 12.4 Å². The van der Waals surface area contributed by atoms with Crippen molar-refractivity contribution in [3.63, 3.8) is 0 Å². The number of urea groups is 1. The van der Waals surface area contributed by atoms with Crippen molar-refractivity contribution in [3.05, 3.63) is 52.8 Å². The van der Waals surface area contributed by atoms with Gasteiger partial charge in [-0.05, 0) is 17.7 Å². The van der Waals surface area contributed by atoms with E-state index in [0.717, 1.165) is 41.0 Å². The first-order chi connectivity index (χ1) is 11.8. The minimum Gasteiger partial charge on any atom is -0.493 e. The number of rotatable bonds is 4. The average molecular weight is 325 g/mol. The third-order valence-corrected chi connectivity index (χ3v) is 4.36. The zero-order valence-electron chi connectivity index (χ0n) is 13.3. The van der Waals surface area contributed by atoms with Crippen molar-refractivity contribution in [3.8, 4) is 11.5 Å². The molecule has 4 rings (SSSR count). The van der Waals surface area contributed by atoms with E-state index < -0.39 is 0 Å². The lowest BCUT2D eigenvalue weighted by atomic mass is 9.99. The number of nitrogens with zero attached hydrogens (tertiary/aromatic N) is 1. The highest BCUT2D eigenvalue weighted by Gasteiger charge is 2.26. The van der Waals surface area contributed by atoms with E-state index in [1.807, 2.05) is 12.1 Å². The number of ether oxygens (including phenoxy) is 2. The number of fused-ring (bicyclic) bond motifs is 2. The second kappa shape index (κ2) is 6.39. The molecule has 2 aliphatic heterocycles. The smallest absolute Gasteiger partial charge is 0.315 e. The molecule has 0 atom stereocenters. The van der Waals surface area contributed by atoms with E-state index in [4.69, 9.17) is 9.47 Å². The van der Waals surface area contributed by atoms with Gasteiger partial charge >= 0.3 is 6.03 Å². The monoisotopic (exact) mass is 325 g/mol. The fourth-order valence-corrected chi connectivity index (χ4v) is 3.19. The molecule has 0 spiro atoms. The summed E-state index contributed by atoms with van der Waals surface area (Å²) in [6.07, 6.45) is 5.21. The van der Waals surface area contributed by atoms with Gasteiger partial charge in [0.2, 0.25) is 0 Å². The molecule has 0 saturated heterocycles. The van der Waals surface area contributed by atoms with E-state index in [-0.39, 0.29) is 6.03 Å². The minimum atomic E-state index is -0.206. The van der Waals surface area contributed by atoms with Crippen molar-refractivity contribution in [1.82, 2.24) is 15.6 Å². The molecule has 2 amide bonds. The highest BCUT2D eigenvalue weighted by Crippen LogP contribution is 2.40. The Morgan fingerprint density at radius 2 is 2.04 bits per heavy atom. The van der Waals surface area contributed by atoms with Crippen molar-refractivity contribution in [2.75, 3.05) is 13.2 Å². The van der Waals surface area contributed by atoms with Crippen molar-refractivity contribution in [2.45, 2.75) is 25.9 Å². The summed E-state index contributed by atoms with van der Waals surface area (Å²) in [7, 11) is 0. The van der Waals surface area contributed by atoms with Crippen LogP contribution in [0.3, 0.4) is 0 Å². The topological polar surface area (TPSA) is 72.5 Å². The lowest BCUT2D eigenvalue weighted by Gasteiger charge is -2.14. The van der Waals surface area contributed by atoms with Gasteiger partial charge in [-0.15, -0.1) is 0 Å². The Kier molecular flexibility index (Phi) is 3.94. The molecular formula is C18H19N3O3. The summed E-state index contributed by atoms with van der Waals surface area (Å²) in [4.78, 5) is 16.1. The Hall–Kier alpha value is -2.76. The van der Waals surface area contributed by atoms with Crippen LogP contribution in [0.2, 0.25) is 0 Å². The van der Waals surface area contributed by atoms with Crippen LogP contribution in [0.1, 0.15) is 22.3 Å². The van der Waals surface area contributed by atoms with Crippen LogP contribution in [0.15, 0.2) is 30.6 Å². The molecular weight excluding hydrogens is 306 g/mol. The molecule has 24 heavy (non-hydrogen) atoms. The van der Waals surface area contributed by atoms with Gasteiger partial charge < -0.3 is 20.1 Å². The first kappa shape index (κ1) is 14.8. The molecule has 1 aromatic heterocycles. The van der Waals surface area contributed by atoms with E-state index in [2.05, 4.69) is 21.7 Å². The Morgan fingerprint density at radius 1 is 1.17 bits per heavy atom. The van der Waals surface area contributed by atoms with E-state index >= 15 is 0 Å². The van der Waals surface area contributed by atoms with Crippen LogP contribution in [0.5, 0.6) is 11.5 Å². The Balaban J connectivity index is 1.42. The molecule has 2 aliphatic rings. The number of carbonyl (C=O) groups excluding carboxylic acids is 1. The Bertz CT molecular complexity index is 730. The number of carbonyl (C=O) groups is 1. The van der Waals surface area contributed by atoms with Gasteiger partial charge in [0.1, 0.15) is 11.5 Å². The van der Waals surface area contributed by atoms with Crippen LogP contribution in [-0.2, 0) is 25.9 Å². The predicted molar refractivity (Wildman–Crippen MR) is 88.2 cm³/mol. The van der Waals surface area contributed by atoms with Crippen LogP contribution in [0, 0.1) is 0 Å². The first-order valence-corrected chi connectivity index (χ1v) is 8.15. The molecule has 0 fully saturated rings. The molecule has 0 saturated carbocycles. The molecule has 6 nitrogen and oxygen atoms in total. The van der Waals surface area contributed by atoms with Crippen LogP contribution >= 0.6 is 0 Å². The molecule has 2 aromatic rings. The highest BCUT2D eigenvalue weighted by molar-refractivity contribution is 5.74. The van der Waals surface area contributed by atoms with Gasteiger partial charge in [0.15, 0.2) is 0 Å². The molecule has 124 valence electrons. The summed E-state index contributed by atoms with van der Waals surface area (Å²) in [6, 6.07) is 5.65. The maximum atomic E-state index is 12.1. The summed E-state index contributed by atoms with van der Waals surface area (Å²) in [5.74, 6) is 1.86. The molecule has 6 heteroatoms. The minimum absolute atomic E-state index is 0.206. The average Bonchev–Trinajstić information content (AvgIpc) is 3.26. The lowest BCUT2D eigenvalue weighted by Crippen LogP contribution is -2.34. The summed E-state index contributed by atoms with van der Waals surface area (Å²) < 4.78 is 11.5. The predicted octanol–water partition coefficient (Wildman–Crippen LogP) is 1.95. The third kappa shape index (κ3) is 2.87. The maximum absolute atomic E-state index is 12.1. The molecule has 1 aromatic carbocycles. The normalized spacial score (nSPS) is 14.3. The summed E-state index contributed by atoms with van der Waals surface area (Å²) in [5, 5.41) is 5.77. The second-order valence-corrected chi connectivity index (χ2v) is 5.91. The van der Waals surface area contributed by atoms with Gasteiger partial charge in [-0.2, -0.15) is 0 Å². The van der Waals surface area contributed by atoms with Gasteiger partial charge in [0, 0.05) is 55.0 Å². The third-order valence-electron chi connectivity index (χ3n) is 4.36. The zero-order valence-corrected chi connectivity index (χ0v) is 13.3. The number of hydrogen-bond donors (Lipinski definition) is 2. The van der Waals surface area contributed by atoms with Gasteiger partial charge in [0.05, 0.1) is 13.2 Å². The van der Waals surface area contributed by atoms with Crippen molar-refractivity contribution < 1.29 is 14.3 Å². The van der Waals surface area contributed by atoms with Crippen LogP contribution in [0.4, 0.5) is 4.79 Å². The SMILES string of the molecule is O=C(NCc1cccnc1)NCc1c2c(cc3c1OCC3)OCC2. The zero-order chi connectivity index (χ0) is 16.4. The summed E-state index contributed by atoms with van der Waals surface area (Å²) in [5.41, 5.74) is 4.34. The number of amides is 2. The van der Waals surface area contributed by atoms with Crippen LogP contribution in [0.25, 0.3) is 0 Å². The number of pyridine rings is 1. The molecule has 0 bridgehead atoms. The van der Waals surface area contributed by atoms with E-state index in [0.29, 0.717) is 26.3 Å². The molecule has 2 N–H and O–H groups in total. The van der Waals surface area contributed by atoms with Crippen molar-refractivity contribution >= 4 is 6.03 Å². The quantitative estimate of drug-likeness (QED) is 0.901. The number of nitrogens with one attached hydrogen (secondary N) is 2. The molecule has 0 aliphatic carbocycles. The Labute approximate surface area is 140 Å². The number of hydrogen-bond acceptors (Lipinski definition) is 4. The van der Waals surface area contributed by atoms with Gasteiger partial charge in [-0.3, -0.25) is 4.98 Å². The lowest BCUT2D eigenvalue weighted by molar-refractivity contribution is 0.240. The van der Waals surface area contributed by atoms with Gasteiger partial charge in [-0.1, -0.05) is 6.07 Å². The van der Waals surface area contributed by atoms with Crippen molar-refractivity contribution in [1.29, 1.82) is 0 Å². The summed E-state index contributed by atoms with van der Waals surface area (Å²) >= 11 is 0. The number of aromatic nitrogens is 1. The van der Waals surface area contributed by atoms with Crippen molar-refractivity contribution in [2.24, 2.45) is 0 Å². The highest BCUT2D eigenvalue weighted by atomic mass is 16.5. The van der Waals surface area contributed by atoms with E-state index in [1.165, 1.54) is 5.56 Å². The molecule has 0 unspecified atom stereocenters. The van der Waals surface area contributed by atoms with Crippen LogP contribution < -0.4 is 20.1 Å². The van der Waals surface area contributed by atoms with Crippen LogP contribution in [-0.4, -0.2) is 24.2 Å². The van der Waals surface area contributed by atoms with Gasteiger partial charge in [-0.25, -0.2) is 4.79 Å². The number of benzene rings is 1. The maximum Gasteiger partial charge on any atom is 0.315 e. The Morgan fingerprint density at radius 3 is 2.92 bits per heavy atom. The first-order valence-electron chi connectivity index (χ1n) is 8.15. The standard InChI is InChI=1S/C18H19N3O3/c22-18(20-10-12-2-1-5-19-9-12)21-11-15-14-4-7-23-16(14)8-13-3-6-24-17(13)15/h1-2,5,8-9H,3-4,6-7,10-11H2,(H2,20,21,22). The second-order valence-electron chi connectivity index (χ2n) is 5.91. The molecule has 3 heterocycles.